The Morgan fingerprint density at radius 3 is 2.53 bits per heavy atom. The molecule has 0 aliphatic rings. The second kappa shape index (κ2) is 5.26. The Bertz CT molecular complexity index is 336. The molecule has 0 aliphatic carbocycles. The van der Waals surface area contributed by atoms with E-state index >= 15 is 0 Å². The molecule has 0 unspecified atom stereocenters. The van der Waals surface area contributed by atoms with E-state index < -0.39 is 6.04 Å². The number of hydrogen-bond acceptors (Lipinski definition) is 3. The number of amides is 1. The molecule has 15 heavy (non-hydrogen) atoms. The first-order chi connectivity index (χ1) is 7.16. The van der Waals surface area contributed by atoms with E-state index in [2.05, 4.69) is 0 Å². The highest BCUT2D eigenvalue weighted by Gasteiger charge is 2.18. The van der Waals surface area contributed by atoms with Crippen molar-refractivity contribution in [3.63, 3.8) is 0 Å². The largest absolute Gasteiger partial charge is 0.320 e. The van der Waals surface area contributed by atoms with Gasteiger partial charge in [-0.05, 0) is 19.1 Å². The molecule has 4 nitrogen and oxygen atoms in total. The molecule has 0 aromatic heterocycles. The van der Waals surface area contributed by atoms with Crippen LogP contribution in [0.3, 0.4) is 0 Å². The molecule has 0 aliphatic heterocycles. The van der Waals surface area contributed by atoms with Gasteiger partial charge in [0.15, 0.2) is 0 Å². The molecule has 0 saturated heterocycles. The minimum atomic E-state index is -0.626. The van der Waals surface area contributed by atoms with E-state index in [1.54, 1.807) is 37.5 Å². The van der Waals surface area contributed by atoms with Crippen molar-refractivity contribution in [2.45, 2.75) is 13.0 Å². The second-order valence-corrected chi connectivity index (χ2v) is 3.19. The van der Waals surface area contributed by atoms with Crippen molar-refractivity contribution in [2.75, 3.05) is 11.4 Å². The molecular formula is C11H13N2O2. The zero-order valence-corrected chi connectivity index (χ0v) is 8.51. The number of nitrogens with two attached hydrogens (primary N) is 1. The van der Waals surface area contributed by atoms with Gasteiger partial charge in [0.1, 0.15) is 0 Å². The number of nitrogens with zero attached hydrogens (tertiary/aromatic N) is 1. The third kappa shape index (κ3) is 2.89. The fourth-order valence-electron chi connectivity index (χ4n) is 1.21. The number of rotatable bonds is 4. The van der Waals surface area contributed by atoms with Gasteiger partial charge in [-0.1, -0.05) is 18.2 Å². The third-order valence-electron chi connectivity index (χ3n) is 1.95. The van der Waals surface area contributed by atoms with Crippen molar-refractivity contribution in [3.05, 3.63) is 30.3 Å². The predicted molar refractivity (Wildman–Crippen MR) is 58.1 cm³/mol. The molecule has 1 rings (SSSR count). The number of hydrogen-bond donors (Lipinski definition) is 1. The van der Waals surface area contributed by atoms with Gasteiger partial charge in [-0.3, -0.25) is 9.59 Å². The second-order valence-electron chi connectivity index (χ2n) is 3.19. The maximum absolute atomic E-state index is 11.7. The smallest absolute Gasteiger partial charge is 0.244 e. The van der Waals surface area contributed by atoms with Crippen LogP contribution in [0.2, 0.25) is 0 Å². The average molecular weight is 205 g/mol. The third-order valence-corrected chi connectivity index (χ3v) is 1.95. The summed E-state index contributed by atoms with van der Waals surface area (Å²) in [7, 11) is 0. The zero-order valence-electron chi connectivity index (χ0n) is 8.51. The van der Waals surface area contributed by atoms with Crippen LogP contribution in [0.25, 0.3) is 0 Å². The van der Waals surface area contributed by atoms with Crippen LogP contribution in [0.4, 0.5) is 5.69 Å². The minimum absolute atomic E-state index is 0.0929. The molecule has 0 bridgehead atoms. The molecule has 1 amide bonds. The van der Waals surface area contributed by atoms with E-state index in [1.165, 1.54) is 4.90 Å². The Hall–Kier alpha value is -1.68. The highest BCUT2D eigenvalue weighted by atomic mass is 16.2. The van der Waals surface area contributed by atoms with E-state index in [-0.39, 0.29) is 12.5 Å². The molecule has 0 spiro atoms. The van der Waals surface area contributed by atoms with E-state index in [0.29, 0.717) is 5.69 Å². The lowest BCUT2D eigenvalue weighted by Crippen LogP contribution is -2.43. The molecule has 0 fully saturated rings. The van der Waals surface area contributed by atoms with E-state index in [1.807, 2.05) is 6.07 Å². The lowest BCUT2D eigenvalue weighted by atomic mass is 10.2. The van der Waals surface area contributed by atoms with Gasteiger partial charge in [0.25, 0.3) is 0 Å². The van der Waals surface area contributed by atoms with Gasteiger partial charge in [-0.15, -0.1) is 0 Å². The Kier molecular flexibility index (Phi) is 4.00. The molecule has 0 saturated carbocycles. The summed E-state index contributed by atoms with van der Waals surface area (Å²) in [5, 5.41) is 0. The highest BCUT2D eigenvalue weighted by Crippen LogP contribution is 2.13. The molecule has 4 heteroatoms. The number of carbonyl (C=O) groups is 1. The van der Waals surface area contributed by atoms with Gasteiger partial charge in [0.05, 0.1) is 12.6 Å². The van der Waals surface area contributed by atoms with Crippen molar-refractivity contribution in [3.8, 4) is 0 Å². The van der Waals surface area contributed by atoms with Crippen LogP contribution >= 0.6 is 0 Å². The number of carbonyl (C=O) groups excluding carboxylic acids is 2. The Labute approximate surface area is 88.7 Å². The SMILES string of the molecule is C[C@@H](N)C(=O)N(C[C]=O)c1ccccc1. The summed E-state index contributed by atoms with van der Waals surface area (Å²) in [5.41, 5.74) is 6.14. The van der Waals surface area contributed by atoms with Crippen LogP contribution in [0.1, 0.15) is 6.92 Å². The average Bonchev–Trinajstić information content (AvgIpc) is 2.26. The predicted octanol–water partition coefficient (Wildman–Crippen LogP) is 0.477. The molecule has 1 radical (unpaired) electrons. The first kappa shape index (κ1) is 11.4. The molecule has 1 aromatic rings. The van der Waals surface area contributed by atoms with Gasteiger partial charge in [-0.2, -0.15) is 0 Å². The number of para-hydroxylation sites is 1. The number of anilines is 1. The zero-order chi connectivity index (χ0) is 11.3. The van der Waals surface area contributed by atoms with Crippen LogP contribution in [0, 0.1) is 0 Å². The number of benzene rings is 1. The van der Waals surface area contributed by atoms with Gasteiger partial charge < -0.3 is 10.6 Å². The lowest BCUT2D eigenvalue weighted by molar-refractivity contribution is -0.119. The van der Waals surface area contributed by atoms with Crippen molar-refractivity contribution < 1.29 is 9.59 Å². The van der Waals surface area contributed by atoms with E-state index in [4.69, 9.17) is 5.73 Å². The van der Waals surface area contributed by atoms with Crippen molar-refractivity contribution in [2.24, 2.45) is 5.73 Å². The first-order valence-corrected chi connectivity index (χ1v) is 4.64. The molecular weight excluding hydrogens is 192 g/mol. The highest BCUT2D eigenvalue weighted by molar-refractivity contribution is 5.98. The molecule has 79 valence electrons. The topological polar surface area (TPSA) is 63.4 Å². The minimum Gasteiger partial charge on any atom is -0.320 e. The molecule has 2 N–H and O–H groups in total. The lowest BCUT2D eigenvalue weighted by Gasteiger charge is -2.21. The van der Waals surface area contributed by atoms with Crippen LogP contribution in [0.15, 0.2) is 30.3 Å². The Morgan fingerprint density at radius 2 is 2.07 bits per heavy atom. The van der Waals surface area contributed by atoms with Crippen LogP contribution < -0.4 is 10.6 Å². The van der Waals surface area contributed by atoms with Crippen molar-refractivity contribution in [1.82, 2.24) is 0 Å². The van der Waals surface area contributed by atoms with Gasteiger partial charge in [-0.25, -0.2) is 0 Å². The maximum atomic E-state index is 11.7. The van der Waals surface area contributed by atoms with Gasteiger partial charge >= 0.3 is 0 Å². The van der Waals surface area contributed by atoms with Crippen molar-refractivity contribution in [1.29, 1.82) is 0 Å². The summed E-state index contributed by atoms with van der Waals surface area (Å²) in [6.45, 7) is 1.49. The van der Waals surface area contributed by atoms with Crippen LogP contribution in [-0.4, -0.2) is 24.8 Å². The summed E-state index contributed by atoms with van der Waals surface area (Å²) >= 11 is 0. The fraction of sp³-hybridized carbons (Fsp3) is 0.273. The van der Waals surface area contributed by atoms with Crippen molar-refractivity contribution >= 4 is 17.9 Å². The van der Waals surface area contributed by atoms with E-state index in [0.717, 1.165) is 0 Å². The summed E-state index contributed by atoms with van der Waals surface area (Å²) in [6.07, 6.45) is 1.70. The molecule has 0 heterocycles. The first-order valence-electron chi connectivity index (χ1n) is 4.64. The quantitative estimate of drug-likeness (QED) is 0.777. The summed E-state index contributed by atoms with van der Waals surface area (Å²) < 4.78 is 0. The van der Waals surface area contributed by atoms with Gasteiger partial charge in [0, 0.05) is 5.69 Å². The van der Waals surface area contributed by atoms with Gasteiger partial charge in [0.2, 0.25) is 12.2 Å². The van der Waals surface area contributed by atoms with E-state index in [9.17, 15) is 9.59 Å². The summed E-state index contributed by atoms with van der Waals surface area (Å²) in [4.78, 5) is 23.3. The normalized spacial score (nSPS) is 11.9. The fourth-order valence-corrected chi connectivity index (χ4v) is 1.21. The molecule has 1 aromatic carbocycles. The standard InChI is InChI=1S/C11H13N2O2/c1-9(12)11(15)13(7-8-14)10-5-3-2-4-6-10/h2-6,9H,7,12H2,1H3/t9-/m1/s1. The summed E-state index contributed by atoms with van der Waals surface area (Å²) in [6, 6.07) is 8.29. The Morgan fingerprint density at radius 1 is 1.47 bits per heavy atom. The molecule has 1 atom stereocenters. The Balaban J connectivity index is 2.93. The van der Waals surface area contributed by atoms with Crippen LogP contribution in [0.5, 0.6) is 0 Å². The van der Waals surface area contributed by atoms with Crippen LogP contribution in [-0.2, 0) is 9.59 Å². The maximum Gasteiger partial charge on any atom is 0.244 e. The monoisotopic (exact) mass is 205 g/mol. The summed E-state index contributed by atoms with van der Waals surface area (Å²) in [5.74, 6) is -0.287.